The third-order valence-corrected chi connectivity index (χ3v) is 2.83. The molecule has 0 spiro atoms. The summed E-state index contributed by atoms with van der Waals surface area (Å²) < 4.78 is 0. The molecule has 0 fully saturated rings. The minimum atomic E-state index is -0.257. The molecule has 19 heavy (non-hydrogen) atoms. The van der Waals surface area contributed by atoms with Gasteiger partial charge in [-0.05, 0) is 36.4 Å². The molecule has 5 heteroatoms. The van der Waals surface area contributed by atoms with Crippen molar-refractivity contribution in [1.82, 2.24) is 4.98 Å². The van der Waals surface area contributed by atoms with Crippen LogP contribution in [0.5, 0.6) is 0 Å². The van der Waals surface area contributed by atoms with Crippen LogP contribution in [0.15, 0.2) is 42.5 Å². The summed E-state index contributed by atoms with van der Waals surface area (Å²) in [7, 11) is 1.65. The molecule has 1 heterocycles. The lowest BCUT2D eigenvalue weighted by Gasteiger charge is -2.16. The second kappa shape index (κ2) is 5.51. The van der Waals surface area contributed by atoms with Gasteiger partial charge >= 0.3 is 0 Å². The van der Waals surface area contributed by atoms with Crippen molar-refractivity contribution in [1.29, 1.82) is 5.26 Å². The summed E-state index contributed by atoms with van der Waals surface area (Å²) in [5, 5.41) is 9.01. The van der Waals surface area contributed by atoms with Crippen molar-refractivity contribution in [2.24, 2.45) is 0 Å². The average molecular weight is 272 g/mol. The molecule has 0 saturated heterocycles. The maximum absolute atomic E-state index is 12.2. The van der Waals surface area contributed by atoms with Gasteiger partial charge in [0.05, 0.1) is 11.6 Å². The van der Waals surface area contributed by atoms with Crippen LogP contribution < -0.4 is 4.90 Å². The molecule has 0 aliphatic carbocycles. The fraction of sp³-hybridized carbons (Fsp3) is 0.0714. The van der Waals surface area contributed by atoms with Gasteiger partial charge in [0, 0.05) is 12.7 Å². The van der Waals surface area contributed by atoms with E-state index >= 15 is 0 Å². The predicted molar refractivity (Wildman–Crippen MR) is 73.1 cm³/mol. The Morgan fingerprint density at radius 2 is 1.95 bits per heavy atom. The van der Waals surface area contributed by atoms with E-state index in [9.17, 15) is 4.79 Å². The van der Waals surface area contributed by atoms with Crippen LogP contribution in [-0.2, 0) is 0 Å². The Balaban J connectivity index is 2.26. The third kappa shape index (κ3) is 2.90. The number of halogens is 1. The number of aromatic nitrogens is 1. The molecule has 0 aliphatic rings. The first-order chi connectivity index (χ1) is 9.11. The summed E-state index contributed by atoms with van der Waals surface area (Å²) in [4.78, 5) is 17.6. The highest BCUT2D eigenvalue weighted by molar-refractivity contribution is 6.29. The fourth-order valence-electron chi connectivity index (χ4n) is 1.58. The van der Waals surface area contributed by atoms with E-state index < -0.39 is 0 Å². The molecule has 0 radical (unpaired) electrons. The highest BCUT2D eigenvalue weighted by atomic mass is 35.5. The fourth-order valence-corrected chi connectivity index (χ4v) is 1.74. The summed E-state index contributed by atoms with van der Waals surface area (Å²) >= 11 is 5.76. The molecule has 0 N–H and O–H groups in total. The van der Waals surface area contributed by atoms with Crippen LogP contribution in [0.3, 0.4) is 0 Å². The van der Waals surface area contributed by atoms with E-state index in [1.54, 1.807) is 49.5 Å². The summed E-state index contributed by atoms with van der Waals surface area (Å²) in [5.74, 6) is -0.257. The molecule has 94 valence electrons. The maximum atomic E-state index is 12.2. The van der Waals surface area contributed by atoms with Crippen molar-refractivity contribution in [3.05, 3.63) is 58.9 Å². The molecule has 1 aromatic carbocycles. The number of hydrogen-bond acceptors (Lipinski definition) is 3. The number of benzene rings is 1. The summed E-state index contributed by atoms with van der Waals surface area (Å²) in [6, 6.07) is 13.7. The summed E-state index contributed by atoms with van der Waals surface area (Å²) in [6.07, 6.45) is 0. The molecular weight excluding hydrogens is 262 g/mol. The number of amides is 1. The predicted octanol–water partition coefficient (Wildman–Crippen LogP) is 2.88. The summed E-state index contributed by atoms with van der Waals surface area (Å²) in [6.45, 7) is 0. The van der Waals surface area contributed by atoms with Gasteiger partial charge in [0.25, 0.3) is 5.91 Å². The lowest BCUT2D eigenvalue weighted by molar-refractivity contribution is 0.0988. The van der Waals surface area contributed by atoms with Crippen molar-refractivity contribution >= 4 is 23.2 Å². The first-order valence-electron chi connectivity index (χ1n) is 5.52. The van der Waals surface area contributed by atoms with Crippen LogP contribution >= 0.6 is 11.6 Å². The highest BCUT2D eigenvalue weighted by Crippen LogP contribution is 2.16. The molecule has 4 nitrogen and oxygen atoms in total. The van der Waals surface area contributed by atoms with Crippen molar-refractivity contribution in [2.75, 3.05) is 11.9 Å². The first kappa shape index (κ1) is 13.1. The number of carbonyl (C=O) groups excluding carboxylic acids is 1. The van der Waals surface area contributed by atoms with E-state index in [2.05, 4.69) is 4.98 Å². The lowest BCUT2D eigenvalue weighted by atomic mass is 10.2. The van der Waals surface area contributed by atoms with E-state index in [-0.39, 0.29) is 16.8 Å². The zero-order valence-electron chi connectivity index (χ0n) is 10.2. The third-order valence-electron chi connectivity index (χ3n) is 2.62. The lowest BCUT2D eigenvalue weighted by Crippen LogP contribution is -2.27. The van der Waals surface area contributed by atoms with Gasteiger partial charge in [0.2, 0.25) is 0 Å². The van der Waals surface area contributed by atoms with Crippen LogP contribution in [0.1, 0.15) is 16.1 Å². The number of rotatable bonds is 2. The number of nitrogens with zero attached hydrogens (tertiary/aromatic N) is 3. The molecule has 0 atom stereocenters. The normalized spacial score (nSPS) is 9.74. The van der Waals surface area contributed by atoms with Crippen LogP contribution in [0.2, 0.25) is 5.15 Å². The minimum Gasteiger partial charge on any atom is -0.310 e. The Hall–Kier alpha value is -2.38. The van der Waals surface area contributed by atoms with E-state index in [0.717, 1.165) is 0 Å². The zero-order valence-corrected chi connectivity index (χ0v) is 10.9. The molecule has 0 unspecified atom stereocenters. The second-order valence-electron chi connectivity index (χ2n) is 3.87. The molecular formula is C14H10ClN3O. The Bertz CT molecular complexity index is 646. The van der Waals surface area contributed by atoms with Gasteiger partial charge in [-0.3, -0.25) is 4.79 Å². The van der Waals surface area contributed by atoms with Gasteiger partial charge in [-0.1, -0.05) is 17.7 Å². The highest BCUT2D eigenvalue weighted by Gasteiger charge is 2.14. The van der Waals surface area contributed by atoms with Gasteiger partial charge in [0.15, 0.2) is 0 Å². The Morgan fingerprint density at radius 3 is 2.53 bits per heavy atom. The van der Waals surface area contributed by atoms with Gasteiger partial charge in [-0.15, -0.1) is 0 Å². The van der Waals surface area contributed by atoms with E-state index in [1.807, 2.05) is 6.07 Å². The van der Waals surface area contributed by atoms with Crippen LogP contribution in [-0.4, -0.2) is 17.9 Å². The molecule has 0 saturated carbocycles. The number of carbonyl (C=O) groups is 1. The van der Waals surface area contributed by atoms with Crippen molar-refractivity contribution < 1.29 is 4.79 Å². The smallest absolute Gasteiger partial charge is 0.276 e. The van der Waals surface area contributed by atoms with Gasteiger partial charge in [-0.2, -0.15) is 5.26 Å². The van der Waals surface area contributed by atoms with Gasteiger partial charge < -0.3 is 4.90 Å². The van der Waals surface area contributed by atoms with E-state index in [4.69, 9.17) is 16.9 Å². The first-order valence-corrected chi connectivity index (χ1v) is 5.90. The standard InChI is InChI=1S/C14H10ClN3O/c1-18(11-7-5-10(9-16)6-8-11)14(19)12-3-2-4-13(15)17-12/h2-8H,1H3. The minimum absolute atomic E-state index is 0.257. The monoisotopic (exact) mass is 271 g/mol. The number of pyridine rings is 1. The Morgan fingerprint density at radius 1 is 1.26 bits per heavy atom. The second-order valence-corrected chi connectivity index (χ2v) is 4.26. The van der Waals surface area contributed by atoms with E-state index in [1.165, 1.54) is 4.90 Å². The zero-order chi connectivity index (χ0) is 13.8. The number of anilines is 1. The van der Waals surface area contributed by atoms with E-state index in [0.29, 0.717) is 11.3 Å². The molecule has 0 aliphatic heterocycles. The Kier molecular flexibility index (Phi) is 3.79. The van der Waals surface area contributed by atoms with Crippen LogP contribution in [0.25, 0.3) is 0 Å². The van der Waals surface area contributed by atoms with Gasteiger partial charge in [0.1, 0.15) is 10.8 Å². The van der Waals surface area contributed by atoms with Crippen molar-refractivity contribution in [2.45, 2.75) is 0 Å². The molecule has 1 amide bonds. The van der Waals surface area contributed by atoms with Crippen LogP contribution in [0.4, 0.5) is 5.69 Å². The SMILES string of the molecule is CN(C(=O)c1cccc(Cl)n1)c1ccc(C#N)cc1. The maximum Gasteiger partial charge on any atom is 0.276 e. The molecule has 0 bridgehead atoms. The van der Waals surface area contributed by atoms with Gasteiger partial charge in [-0.25, -0.2) is 4.98 Å². The molecule has 2 aromatic rings. The average Bonchev–Trinajstić information content (AvgIpc) is 2.46. The van der Waals surface area contributed by atoms with Crippen molar-refractivity contribution in [3.8, 4) is 6.07 Å². The van der Waals surface area contributed by atoms with Crippen molar-refractivity contribution in [3.63, 3.8) is 0 Å². The quantitative estimate of drug-likeness (QED) is 0.789. The largest absolute Gasteiger partial charge is 0.310 e. The van der Waals surface area contributed by atoms with Crippen LogP contribution in [0, 0.1) is 11.3 Å². The topological polar surface area (TPSA) is 57.0 Å². The number of hydrogen-bond donors (Lipinski definition) is 0. The molecule has 2 rings (SSSR count). The summed E-state index contributed by atoms with van der Waals surface area (Å²) in [5.41, 5.74) is 1.51. The Labute approximate surface area is 115 Å². The number of nitriles is 1. The molecule has 1 aromatic heterocycles.